The molecule has 0 aliphatic carbocycles. The van der Waals surface area contributed by atoms with Crippen molar-refractivity contribution in [1.82, 2.24) is 9.97 Å². The molecule has 0 saturated heterocycles. The van der Waals surface area contributed by atoms with Crippen molar-refractivity contribution in [1.29, 1.82) is 0 Å². The Labute approximate surface area is 161 Å². The highest BCUT2D eigenvalue weighted by Crippen LogP contribution is 2.37. The highest BCUT2D eigenvalue weighted by Gasteiger charge is 2.16. The number of ether oxygens (including phenoxy) is 3. The zero-order valence-corrected chi connectivity index (χ0v) is 15.7. The lowest BCUT2D eigenvalue weighted by Crippen LogP contribution is -2.01. The van der Waals surface area contributed by atoms with Crippen LogP contribution in [0.3, 0.4) is 0 Å². The topological polar surface area (TPSA) is 53.5 Å². The largest absolute Gasteiger partial charge is 0.497 e. The second-order valence-electron chi connectivity index (χ2n) is 5.33. The molecule has 5 nitrogen and oxygen atoms in total. The molecule has 0 spiro atoms. The Morgan fingerprint density at radius 3 is 2.00 bits per heavy atom. The zero-order valence-electron chi connectivity index (χ0n) is 14.2. The maximum atomic E-state index is 6.27. The van der Waals surface area contributed by atoms with E-state index in [1.54, 1.807) is 26.4 Å². The Morgan fingerprint density at radius 1 is 0.808 bits per heavy atom. The predicted octanol–water partition coefficient (Wildman–Crippen LogP) is 5.18. The number of hydrogen-bond acceptors (Lipinski definition) is 5. The molecule has 2 aromatic carbocycles. The van der Waals surface area contributed by atoms with Crippen LogP contribution in [0, 0.1) is 0 Å². The van der Waals surface area contributed by atoms with E-state index in [-0.39, 0.29) is 16.1 Å². The summed E-state index contributed by atoms with van der Waals surface area (Å²) < 4.78 is 16.2. The van der Waals surface area contributed by atoms with Crippen LogP contribution in [0.5, 0.6) is 23.0 Å². The minimum Gasteiger partial charge on any atom is -0.497 e. The molecule has 0 aliphatic rings. The van der Waals surface area contributed by atoms with Crippen molar-refractivity contribution in [3.63, 3.8) is 0 Å². The third kappa shape index (κ3) is 4.18. The Balaban J connectivity index is 1.83. The first-order valence-corrected chi connectivity index (χ1v) is 8.52. The van der Waals surface area contributed by atoms with Crippen LogP contribution in [0.4, 0.5) is 0 Å². The quantitative estimate of drug-likeness (QED) is 0.542. The van der Waals surface area contributed by atoms with Crippen LogP contribution in [-0.4, -0.2) is 24.2 Å². The summed E-state index contributed by atoms with van der Waals surface area (Å²) in [6.07, 6.45) is 0.484. The molecule has 0 fully saturated rings. The first kappa shape index (κ1) is 18.3. The lowest BCUT2D eigenvalue weighted by atomic mass is 10.1. The molecular formula is C19H16Cl2N2O3. The van der Waals surface area contributed by atoms with Crippen LogP contribution in [-0.2, 0) is 6.42 Å². The van der Waals surface area contributed by atoms with E-state index in [4.69, 9.17) is 37.4 Å². The fraction of sp³-hybridized carbons (Fsp3) is 0.158. The van der Waals surface area contributed by atoms with Crippen molar-refractivity contribution >= 4 is 23.2 Å². The standard InChI is InChI=1S/C19H16Cl2N2O3/c1-24-13-9-7-12(8-10-13)11-16-22-18(20)17(19(21)23-16)26-15-6-4-3-5-14(15)25-2/h3-10H,11H2,1-2H3. The Hall–Kier alpha value is -2.50. The van der Waals surface area contributed by atoms with Gasteiger partial charge in [0, 0.05) is 6.42 Å². The molecule has 3 aromatic rings. The van der Waals surface area contributed by atoms with Crippen molar-refractivity contribution in [2.75, 3.05) is 14.2 Å². The van der Waals surface area contributed by atoms with Gasteiger partial charge >= 0.3 is 0 Å². The van der Waals surface area contributed by atoms with Crippen LogP contribution in [0.1, 0.15) is 11.4 Å². The summed E-state index contributed by atoms with van der Waals surface area (Å²) in [5.41, 5.74) is 1.01. The number of aromatic nitrogens is 2. The van der Waals surface area contributed by atoms with Gasteiger partial charge in [-0.1, -0.05) is 47.5 Å². The molecule has 134 valence electrons. The molecule has 1 heterocycles. The molecule has 0 saturated carbocycles. The summed E-state index contributed by atoms with van der Waals surface area (Å²) in [5.74, 6) is 2.51. The van der Waals surface area contributed by atoms with Gasteiger partial charge in [0.2, 0.25) is 5.75 Å². The number of para-hydroxylation sites is 2. The van der Waals surface area contributed by atoms with Crippen LogP contribution in [0.25, 0.3) is 0 Å². The highest BCUT2D eigenvalue weighted by molar-refractivity contribution is 6.35. The average Bonchev–Trinajstić information content (AvgIpc) is 2.65. The number of benzene rings is 2. The monoisotopic (exact) mass is 390 g/mol. The van der Waals surface area contributed by atoms with Gasteiger partial charge in [-0.2, -0.15) is 0 Å². The molecule has 0 N–H and O–H groups in total. The van der Waals surface area contributed by atoms with E-state index in [0.717, 1.165) is 11.3 Å². The van der Waals surface area contributed by atoms with E-state index >= 15 is 0 Å². The van der Waals surface area contributed by atoms with Crippen LogP contribution < -0.4 is 14.2 Å². The van der Waals surface area contributed by atoms with Crippen molar-refractivity contribution in [3.05, 3.63) is 70.2 Å². The lowest BCUT2D eigenvalue weighted by molar-refractivity contribution is 0.378. The maximum absolute atomic E-state index is 6.27. The highest BCUT2D eigenvalue weighted by atomic mass is 35.5. The Morgan fingerprint density at radius 2 is 1.42 bits per heavy atom. The number of hydrogen-bond donors (Lipinski definition) is 0. The second kappa shape index (κ2) is 8.25. The molecule has 0 bridgehead atoms. The molecule has 0 aliphatic heterocycles. The van der Waals surface area contributed by atoms with Gasteiger partial charge in [0.25, 0.3) is 0 Å². The van der Waals surface area contributed by atoms with E-state index in [0.29, 0.717) is 23.7 Å². The molecule has 1 aromatic heterocycles. The molecule has 3 rings (SSSR count). The van der Waals surface area contributed by atoms with Gasteiger partial charge in [-0.3, -0.25) is 0 Å². The third-order valence-electron chi connectivity index (χ3n) is 3.63. The average molecular weight is 391 g/mol. The van der Waals surface area contributed by atoms with Gasteiger partial charge < -0.3 is 14.2 Å². The number of methoxy groups -OCH3 is 2. The number of rotatable bonds is 6. The van der Waals surface area contributed by atoms with Crippen molar-refractivity contribution in [2.45, 2.75) is 6.42 Å². The van der Waals surface area contributed by atoms with Gasteiger partial charge in [-0.25, -0.2) is 9.97 Å². The SMILES string of the molecule is COc1ccc(Cc2nc(Cl)c(Oc3ccccc3OC)c(Cl)n2)cc1. The maximum Gasteiger partial charge on any atom is 0.202 e. The summed E-state index contributed by atoms with van der Waals surface area (Å²) in [7, 11) is 3.18. The summed E-state index contributed by atoms with van der Waals surface area (Å²) >= 11 is 12.5. The van der Waals surface area contributed by atoms with Crippen LogP contribution in [0.2, 0.25) is 10.3 Å². The van der Waals surface area contributed by atoms with E-state index in [2.05, 4.69) is 9.97 Å². The van der Waals surface area contributed by atoms with Gasteiger partial charge in [0.05, 0.1) is 14.2 Å². The van der Waals surface area contributed by atoms with Crippen LogP contribution >= 0.6 is 23.2 Å². The minimum absolute atomic E-state index is 0.138. The van der Waals surface area contributed by atoms with Crippen molar-refractivity contribution in [3.8, 4) is 23.0 Å². The molecule has 0 radical (unpaired) electrons. The molecule has 7 heteroatoms. The van der Waals surface area contributed by atoms with Gasteiger partial charge in [0.15, 0.2) is 21.8 Å². The molecule has 26 heavy (non-hydrogen) atoms. The third-order valence-corrected chi connectivity index (χ3v) is 4.14. The van der Waals surface area contributed by atoms with E-state index in [1.807, 2.05) is 36.4 Å². The number of nitrogens with zero attached hydrogens (tertiary/aromatic N) is 2. The smallest absolute Gasteiger partial charge is 0.202 e. The Kier molecular flexibility index (Phi) is 5.81. The van der Waals surface area contributed by atoms with Gasteiger partial charge in [0.1, 0.15) is 11.6 Å². The summed E-state index contributed by atoms with van der Waals surface area (Å²) in [4.78, 5) is 8.59. The van der Waals surface area contributed by atoms with E-state index < -0.39 is 0 Å². The lowest BCUT2D eigenvalue weighted by Gasteiger charge is -2.12. The Bertz CT molecular complexity index is 879. The van der Waals surface area contributed by atoms with Gasteiger partial charge in [-0.05, 0) is 29.8 Å². The molecular weight excluding hydrogens is 375 g/mol. The fourth-order valence-electron chi connectivity index (χ4n) is 2.34. The fourth-order valence-corrected chi connectivity index (χ4v) is 2.84. The van der Waals surface area contributed by atoms with Crippen molar-refractivity contribution < 1.29 is 14.2 Å². The minimum atomic E-state index is 0.138. The molecule has 0 amide bonds. The van der Waals surface area contributed by atoms with Crippen LogP contribution in [0.15, 0.2) is 48.5 Å². The summed E-state index contributed by atoms with van der Waals surface area (Å²) in [6, 6.07) is 14.8. The first-order chi connectivity index (χ1) is 12.6. The zero-order chi connectivity index (χ0) is 18.5. The van der Waals surface area contributed by atoms with E-state index in [1.165, 1.54) is 0 Å². The van der Waals surface area contributed by atoms with Crippen molar-refractivity contribution in [2.24, 2.45) is 0 Å². The second-order valence-corrected chi connectivity index (χ2v) is 6.04. The van der Waals surface area contributed by atoms with Gasteiger partial charge in [-0.15, -0.1) is 0 Å². The normalized spacial score (nSPS) is 10.5. The van der Waals surface area contributed by atoms with E-state index in [9.17, 15) is 0 Å². The molecule has 0 unspecified atom stereocenters. The predicted molar refractivity (Wildman–Crippen MR) is 101 cm³/mol. The summed E-state index contributed by atoms with van der Waals surface area (Å²) in [6.45, 7) is 0. The molecule has 0 atom stereocenters. The first-order valence-electron chi connectivity index (χ1n) is 7.76. The summed E-state index contributed by atoms with van der Waals surface area (Å²) in [5, 5.41) is 0.277. The number of halogens is 2.